The van der Waals surface area contributed by atoms with Crippen LogP contribution in [0.4, 0.5) is 0 Å². The van der Waals surface area contributed by atoms with Crippen LogP contribution in [0.15, 0.2) is 82.7 Å². The number of benzene rings is 4. The maximum Gasteiger partial charge on any atom is 0.252 e. The fourth-order valence-corrected chi connectivity index (χ4v) is 14.3. The molecule has 3 aliphatic rings. The molecule has 1 fully saturated rings. The van der Waals surface area contributed by atoms with E-state index in [9.17, 15) is 21.6 Å². The fourth-order valence-electron chi connectivity index (χ4n) is 10.5. The third kappa shape index (κ3) is 19.1. The highest BCUT2D eigenvalue weighted by Crippen LogP contribution is 2.44. The maximum absolute atomic E-state index is 13.3. The fraction of sp³-hybridized carbons (Fsp3) is 0.536. The first-order valence-electron chi connectivity index (χ1n) is 27.1. The monoisotopic (exact) mass is 1220 g/mol. The van der Waals surface area contributed by atoms with Gasteiger partial charge in [-0.05, 0) is 127 Å². The van der Waals surface area contributed by atoms with Crippen molar-refractivity contribution in [3.8, 4) is 0 Å². The molecular weight excluding hydrogens is 1150 g/mol. The predicted molar refractivity (Wildman–Crippen MR) is 315 cm³/mol. The summed E-state index contributed by atoms with van der Waals surface area (Å²) in [4.78, 5) is 22.0. The van der Waals surface area contributed by atoms with Crippen LogP contribution in [0, 0.1) is 5.92 Å². The van der Waals surface area contributed by atoms with Gasteiger partial charge in [-0.25, -0.2) is 26.3 Å². The first-order chi connectivity index (χ1) is 38.5. The number of carbonyl (C=O) groups is 1. The number of carbonyl (C=O) groups excluding carboxylic acids is 1. The van der Waals surface area contributed by atoms with Crippen molar-refractivity contribution in [2.24, 2.45) is 10.9 Å². The average Bonchev–Trinajstić information content (AvgIpc) is 3.47. The molecule has 436 valence electrons. The number of hydrogen-bond acceptors (Lipinski definition) is 14. The van der Waals surface area contributed by atoms with Crippen LogP contribution in [0.2, 0.25) is 20.1 Å². The molecule has 7 rings (SSSR count). The highest BCUT2D eigenvalue weighted by Gasteiger charge is 2.38. The topological polar surface area (TPSA) is 196 Å². The number of nitrogens with zero attached hydrogens (tertiary/aromatic N) is 3. The van der Waals surface area contributed by atoms with E-state index in [0.717, 1.165) is 53.7 Å². The molecule has 4 unspecified atom stereocenters. The molecular formula is C56H73BCl4N6O11S2. The van der Waals surface area contributed by atoms with Gasteiger partial charge in [-0.15, -0.1) is 0 Å². The number of fused-ring (bicyclic) bond motifs is 2. The van der Waals surface area contributed by atoms with E-state index in [2.05, 4.69) is 36.6 Å². The molecule has 2 heterocycles. The molecule has 4 atom stereocenters. The van der Waals surface area contributed by atoms with E-state index >= 15 is 0 Å². The van der Waals surface area contributed by atoms with Crippen molar-refractivity contribution in [2.45, 2.75) is 60.8 Å². The van der Waals surface area contributed by atoms with Crippen LogP contribution in [0.1, 0.15) is 81.3 Å². The van der Waals surface area contributed by atoms with Crippen molar-refractivity contribution in [3.05, 3.63) is 132 Å². The quantitative estimate of drug-likeness (QED) is 0.0251. The second kappa shape index (κ2) is 32.1. The van der Waals surface area contributed by atoms with Gasteiger partial charge in [0, 0.05) is 77.4 Å². The minimum atomic E-state index is -3.79. The number of sulfonamides is 2. The van der Waals surface area contributed by atoms with Crippen LogP contribution >= 0.6 is 46.4 Å². The normalized spacial score (nSPS) is 19.2. The van der Waals surface area contributed by atoms with Crippen molar-refractivity contribution >= 4 is 85.8 Å². The zero-order valence-electron chi connectivity index (χ0n) is 45.4. The summed E-state index contributed by atoms with van der Waals surface area (Å²) in [6, 6.07) is 21.3. The predicted octanol–water partition coefficient (Wildman–Crippen LogP) is 7.31. The Kier molecular flexibility index (Phi) is 25.8. The molecule has 3 N–H and O–H groups in total. The lowest BCUT2D eigenvalue weighted by Gasteiger charge is -2.40. The summed E-state index contributed by atoms with van der Waals surface area (Å²) in [5, 5.41) is 4.79. The second-order valence-corrected chi connectivity index (χ2v) is 25.7. The zero-order valence-corrected chi connectivity index (χ0v) is 50.1. The Bertz CT molecular complexity index is 2930. The summed E-state index contributed by atoms with van der Waals surface area (Å²) in [7, 11) is 3.04. The summed E-state index contributed by atoms with van der Waals surface area (Å²) in [5.41, 5.74) is 6.17. The minimum absolute atomic E-state index is 0.0909. The molecule has 2 aliphatic heterocycles. The molecule has 4 aromatic carbocycles. The molecule has 17 nitrogen and oxygen atoms in total. The van der Waals surface area contributed by atoms with Gasteiger partial charge in [0.2, 0.25) is 20.0 Å². The van der Waals surface area contributed by atoms with Crippen LogP contribution in [0.25, 0.3) is 0 Å². The number of amides is 1. The highest BCUT2D eigenvalue weighted by molar-refractivity contribution is 7.90. The van der Waals surface area contributed by atoms with Crippen molar-refractivity contribution in [1.29, 1.82) is 0 Å². The number of nitrogens with one attached hydrogen (secondary N) is 3. The summed E-state index contributed by atoms with van der Waals surface area (Å²) in [6.07, 6.45) is 3.02. The van der Waals surface area contributed by atoms with Gasteiger partial charge in [0.05, 0.1) is 96.0 Å². The zero-order chi connectivity index (χ0) is 57.1. The Labute approximate surface area is 493 Å². The Hall–Kier alpha value is -3.26. The summed E-state index contributed by atoms with van der Waals surface area (Å²) in [5.74, 6) is -0.0254. The number of likely N-dealkylation sites (N-methyl/N-ethyl adjacent to an activating group) is 2. The summed E-state index contributed by atoms with van der Waals surface area (Å²) < 4.78 is 92.1. The van der Waals surface area contributed by atoms with Gasteiger partial charge in [-0.3, -0.25) is 9.79 Å². The summed E-state index contributed by atoms with van der Waals surface area (Å²) >= 11 is 25.9. The van der Waals surface area contributed by atoms with Crippen LogP contribution in [-0.2, 0) is 61.6 Å². The lowest BCUT2D eigenvalue weighted by atomic mass is 9.74. The van der Waals surface area contributed by atoms with Crippen LogP contribution < -0.4 is 14.8 Å². The Morgan fingerprint density at radius 1 is 0.637 bits per heavy atom. The smallest absolute Gasteiger partial charge is 0.252 e. The van der Waals surface area contributed by atoms with Crippen LogP contribution in [-0.4, -0.2) is 184 Å². The highest BCUT2D eigenvalue weighted by atomic mass is 35.5. The second-order valence-electron chi connectivity index (χ2n) is 20.2. The molecule has 4 aromatic rings. The standard InChI is InChI=1S/C56H73BCl4N6O11S2/c1-66-35-49(47-31-41(58)33-53(60)51(47)37-66)39-7-5-9-43(29-39)79(69,70)64-15-19-75-23-27-77-25-21-73-17-13-62-55(57)45-11-3-4-12-46(45)56(68)63-14-18-74-22-26-78-28-24-76-20-16-65-80(71,72)44-10-6-8-40(30-44)50-36-67(2)38-52-48(50)32-42(59)34-54(52)61/h3-5,7,9,11-12,29,31-34,40,44,49-50,64-65H,6,8,10,13-28,30,35-38H2,1-2H3,(H,63,68). The molecule has 24 heteroatoms. The number of hydrogen-bond donors (Lipinski definition) is 3. The molecule has 0 saturated heterocycles. The van der Waals surface area contributed by atoms with Gasteiger partial charge in [-0.1, -0.05) is 83.2 Å². The lowest BCUT2D eigenvalue weighted by Crippen LogP contribution is -2.42. The summed E-state index contributed by atoms with van der Waals surface area (Å²) in [6.45, 7) is 7.19. The van der Waals surface area contributed by atoms with Gasteiger partial charge >= 0.3 is 0 Å². The van der Waals surface area contributed by atoms with Crippen molar-refractivity contribution < 1.29 is 50.1 Å². The van der Waals surface area contributed by atoms with Gasteiger partial charge in [0.1, 0.15) is 7.85 Å². The van der Waals surface area contributed by atoms with E-state index in [1.54, 1.807) is 54.6 Å². The number of rotatable bonds is 32. The van der Waals surface area contributed by atoms with Crippen molar-refractivity contribution in [1.82, 2.24) is 24.6 Å². The molecule has 2 radical (unpaired) electrons. The van der Waals surface area contributed by atoms with Gasteiger partial charge in [0.25, 0.3) is 5.91 Å². The van der Waals surface area contributed by atoms with E-state index < -0.39 is 25.3 Å². The number of halogens is 4. The Balaban J connectivity index is 0.674. The SMILES string of the molecule is [B]C(=NCCOCCOCCOCCNS(=O)(=O)c1cccc(C2CN(C)Cc3c(Cl)cc(Cl)cc32)c1)c1ccccc1C(=O)NCCOCCOCCOCCNS(=O)(=O)C1CCCC(C2CN(C)Cc3c(Cl)cc(Cl)cc32)C1. The third-order valence-corrected chi connectivity index (χ3v) is 18.8. The van der Waals surface area contributed by atoms with Crippen LogP contribution in [0.3, 0.4) is 0 Å². The number of aliphatic imine (C=N–C) groups is 1. The molecule has 80 heavy (non-hydrogen) atoms. The molecule has 1 saturated carbocycles. The number of ether oxygens (including phenoxy) is 6. The largest absolute Gasteiger partial charge is 0.378 e. The third-order valence-electron chi connectivity index (χ3n) is 14.3. The van der Waals surface area contributed by atoms with Gasteiger partial charge < -0.3 is 43.5 Å². The van der Waals surface area contributed by atoms with E-state index in [0.29, 0.717) is 103 Å². The van der Waals surface area contributed by atoms with Crippen molar-refractivity contribution in [2.75, 3.05) is 133 Å². The van der Waals surface area contributed by atoms with E-state index in [4.69, 9.17) is 82.7 Å². The molecule has 1 aliphatic carbocycles. The first-order valence-corrected chi connectivity index (χ1v) is 31.6. The lowest BCUT2D eigenvalue weighted by molar-refractivity contribution is 0.0162. The molecule has 1 amide bonds. The van der Waals surface area contributed by atoms with E-state index in [-0.39, 0.29) is 93.4 Å². The molecule has 0 bridgehead atoms. The molecule has 0 spiro atoms. The maximum atomic E-state index is 13.3. The van der Waals surface area contributed by atoms with E-state index in [1.165, 1.54) is 0 Å². The average molecular weight is 1220 g/mol. The van der Waals surface area contributed by atoms with Crippen LogP contribution in [0.5, 0.6) is 0 Å². The van der Waals surface area contributed by atoms with E-state index in [1.807, 2.05) is 25.2 Å². The first kappa shape index (κ1) is 64.3. The Morgan fingerprint density at radius 3 is 1.84 bits per heavy atom. The van der Waals surface area contributed by atoms with Crippen molar-refractivity contribution in [3.63, 3.8) is 0 Å². The van der Waals surface area contributed by atoms with Gasteiger partial charge in [-0.2, -0.15) is 0 Å². The molecule has 0 aromatic heterocycles. The minimum Gasteiger partial charge on any atom is -0.378 e. The van der Waals surface area contributed by atoms with Gasteiger partial charge in [0.15, 0.2) is 0 Å². The Morgan fingerprint density at radius 2 is 1.19 bits per heavy atom.